The van der Waals surface area contributed by atoms with Gasteiger partial charge >= 0.3 is 0 Å². The predicted octanol–water partition coefficient (Wildman–Crippen LogP) is 3.19. The molecular formula is C11H19N. The average molecular weight is 165 g/mol. The van der Waals surface area contributed by atoms with Crippen LogP contribution in [-0.2, 0) is 0 Å². The van der Waals surface area contributed by atoms with Crippen LogP contribution in [0.5, 0.6) is 0 Å². The molecule has 68 valence electrons. The molecule has 1 saturated carbocycles. The molecule has 0 aromatic carbocycles. The second-order valence-corrected chi connectivity index (χ2v) is 4.61. The normalized spacial score (nSPS) is 28.6. The van der Waals surface area contributed by atoms with E-state index >= 15 is 0 Å². The van der Waals surface area contributed by atoms with Crippen LogP contribution in [0.1, 0.15) is 51.9 Å². The quantitative estimate of drug-likeness (QED) is 0.522. The van der Waals surface area contributed by atoms with Gasteiger partial charge in [0.05, 0.1) is 0 Å². The number of hydrogen-bond donors (Lipinski definition) is 0. The summed E-state index contributed by atoms with van der Waals surface area (Å²) in [7, 11) is 0. The predicted molar refractivity (Wildman–Crippen MR) is 52.7 cm³/mol. The molecule has 0 saturated heterocycles. The van der Waals surface area contributed by atoms with E-state index in [9.17, 15) is 0 Å². The van der Waals surface area contributed by atoms with Gasteiger partial charge < -0.3 is 0 Å². The number of rotatable bonds is 0. The van der Waals surface area contributed by atoms with Crippen molar-refractivity contribution >= 4 is 5.71 Å². The summed E-state index contributed by atoms with van der Waals surface area (Å²) in [6.07, 6.45) is 9.95. The molecule has 1 aliphatic carbocycles. The fourth-order valence-corrected chi connectivity index (χ4v) is 2.62. The van der Waals surface area contributed by atoms with Crippen LogP contribution in [0.15, 0.2) is 4.99 Å². The van der Waals surface area contributed by atoms with Crippen molar-refractivity contribution in [3.63, 3.8) is 0 Å². The smallest absolute Gasteiger partial charge is 0.0445 e. The third kappa shape index (κ3) is 1.55. The van der Waals surface area contributed by atoms with Gasteiger partial charge in [0.25, 0.3) is 0 Å². The molecule has 0 amide bonds. The molecule has 2 rings (SSSR count). The minimum Gasteiger partial charge on any atom is -0.294 e. The lowest BCUT2D eigenvalue weighted by Crippen LogP contribution is -2.31. The Morgan fingerprint density at radius 3 is 2.42 bits per heavy atom. The molecule has 0 unspecified atom stereocenters. The van der Waals surface area contributed by atoms with Crippen LogP contribution in [0.2, 0.25) is 0 Å². The molecule has 2 aliphatic rings. The van der Waals surface area contributed by atoms with Gasteiger partial charge in [-0.15, -0.1) is 0 Å². The van der Waals surface area contributed by atoms with E-state index in [1.165, 1.54) is 50.7 Å². The molecule has 0 radical (unpaired) electrons. The van der Waals surface area contributed by atoms with Crippen LogP contribution >= 0.6 is 0 Å². The van der Waals surface area contributed by atoms with Gasteiger partial charge in [-0.05, 0) is 38.0 Å². The lowest BCUT2D eigenvalue weighted by molar-refractivity contribution is 0.180. The molecular weight excluding hydrogens is 146 g/mol. The van der Waals surface area contributed by atoms with Crippen LogP contribution in [0.3, 0.4) is 0 Å². The molecule has 1 heterocycles. The van der Waals surface area contributed by atoms with Crippen molar-refractivity contribution in [1.29, 1.82) is 0 Å². The highest BCUT2D eigenvalue weighted by Crippen LogP contribution is 2.42. The van der Waals surface area contributed by atoms with Crippen molar-refractivity contribution < 1.29 is 0 Å². The number of aliphatic imine (C=N–C) groups is 1. The third-order valence-electron chi connectivity index (χ3n) is 3.62. The molecule has 0 aromatic rings. The Labute approximate surface area is 75.3 Å². The highest BCUT2D eigenvalue weighted by atomic mass is 14.8. The fraction of sp³-hybridized carbons (Fsp3) is 0.909. The maximum absolute atomic E-state index is 4.62. The number of nitrogens with zero attached hydrogens (tertiary/aromatic N) is 1. The summed E-state index contributed by atoms with van der Waals surface area (Å²) in [6.45, 7) is 3.31. The second-order valence-electron chi connectivity index (χ2n) is 4.61. The summed E-state index contributed by atoms with van der Waals surface area (Å²) in [5.41, 5.74) is 2.03. The van der Waals surface area contributed by atoms with E-state index in [2.05, 4.69) is 11.9 Å². The molecule has 1 spiro atoms. The van der Waals surface area contributed by atoms with Crippen LogP contribution < -0.4 is 0 Å². The van der Waals surface area contributed by atoms with Crippen LogP contribution in [0.25, 0.3) is 0 Å². The summed E-state index contributed by atoms with van der Waals surface area (Å²) < 4.78 is 0. The Hall–Kier alpha value is -0.330. The van der Waals surface area contributed by atoms with E-state index < -0.39 is 0 Å². The molecule has 0 atom stereocenters. The van der Waals surface area contributed by atoms with Crippen molar-refractivity contribution in [3.05, 3.63) is 0 Å². The van der Waals surface area contributed by atoms with E-state index in [-0.39, 0.29) is 0 Å². The van der Waals surface area contributed by atoms with Crippen molar-refractivity contribution in [2.75, 3.05) is 6.54 Å². The Balaban J connectivity index is 2.02. The van der Waals surface area contributed by atoms with Gasteiger partial charge in [0.1, 0.15) is 0 Å². The van der Waals surface area contributed by atoms with Crippen molar-refractivity contribution in [2.24, 2.45) is 10.4 Å². The maximum atomic E-state index is 4.62. The highest BCUT2D eigenvalue weighted by Gasteiger charge is 2.33. The first-order chi connectivity index (χ1) is 5.81. The second kappa shape index (κ2) is 3.20. The molecule has 0 aromatic heterocycles. The van der Waals surface area contributed by atoms with Crippen molar-refractivity contribution in [3.8, 4) is 0 Å². The van der Waals surface area contributed by atoms with Gasteiger partial charge in [-0.2, -0.15) is 0 Å². The zero-order valence-corrected chi connectivity index (χ0v) is 8.10. The van der Waals surface area contributed by atoms with Crippen LogP contribution in [0, 0.1) is 5.41 Å². The molecule has 1 nitrogen and oxygen atoms in total. The lowest BCUT2D eigenvalue weighted by atomic mass is 9.70. The van der Waals surface area contributed by atoms with E-state index in [1.807, 2.05) is 0 Å². The Morgan fingerprint density at radius 2 is 1.83 bits per heavy atom. The van der Waals surface area contributed by atoms with Gasteiger partial charge in [-0.25, -0.2) is 0 Å². The van der Waals surface area contributed by atoms with Gasteiger partial charge in [0.2, 0.25) is 0 Å². The first kappa shape index (κ1) is 8.28. The standard InChI is InChI=1S/C11H19N/c1-10-5-8-11(9-12-10)6-3-2-4-7-11/h2-9H2,1H3. The first-order valence-electron chi connectivity index (χ1n) is 5.31. The molecule has 12 heavy (non-hydrogen) atoms. The topological polar surface area (TPSA) is 12.4 Å². The van der Waals surface area contributed by atoms with Gasteiger partial charge in [-0.1, -0.05) is 19.3 Å². The van der Waals surface area contributed by atoms with Gasteiger partial charge in [0, 0.05) is 12.3 Å². The Morgan fingerprint density at radius 1 is 1.08 bits per heavy atom. The largest absolute Gasteiger partial charge is 0.294 e. The average Bonchev–Trinajstić information content (AvgIpc) is 2.13. The van der Waals surface area contributed by atoms with Crippen molar-refractivity contribution in [1.82, 2.24) is 0 Å². The van der Waals surface area contributed by atoms with E-state index in [4.69, 9.17) is 0 Å². The summed E-state index contributed by atoms with van der Waals surface area (Å²) in [5.74, 6) is 0. The maximum Gasteiger partial charge on any atom is 0.0445 e. The zero-order valence-electron chi connectivity index (χ0n) is 8.10. The lowest BCUT2D eigenvalue weighted by Gasteiger charge is -2.38. The monoisotopic (exact) mass is 165 g/mol. The van der Waals surface area contributed by atoms with E-state index in [1.54, 1.807) is 0 Å². The van der Waals surface area contributed by atoms with E-state index in [0.717, 1.165) is 6.54 Å². The van der Waals surface area contributed by atoms with Crippen LogP contribution in [-0.4, -0.2) is 12.3 Å². The minimum atomic E-state index is 0.651. The van der Waals surface area contributed by atoms with Crippen molar-refractivity contribution in [2.45, 2.75) is 51.9 Å². The van der Waals surface area contributed by atoms with Gasteiger partial charge in [0.15, 0.2) is 0 Å². The van der Waals surface area contributed by atoms with E-state index in [0.29, 0.717) is 5.41 Å². The number of hydrogen-bond acceptors (Lipinski definition) is 1. The summed E-state index contributed by atoms with van der Waals surface area (Å²) in [5, 5.41) is 0. The Kier molecular flexibility index (Phi) is 2.20. The third-order valence-corrected chi connectivity index (χ3v) is 3.62. The Bertz CT molecular complexity index is 187. The highest BCUT2D eigenvalue weighted by molar-refractivity contribution is 5.82. The first-order valence-corrected chi connectivity index (χ1v) is 5.31. The molecule has 1 fully saturated rings. The van der Waals surface area contributed by atoms with Gasteiger partial charge in [-0.3, -0.25) is 4.99 Å². The summed E-state index contributed by atoms with van der Waals surface area (Å²) in [4.78, 5) is 4.62. The SMILES string of the molecule is CC1=NCC2(CCCCC2)CC1. The minimum absolute atomic E-state index is 0.651. The molecule has 1 aliphatic heterocycles. The van der Waals surface area contributed by atoms with Crippen LogP contribution in [0.4, 0.5) is 0 Å². The molecule has 0 N–H and O–H groups in total. The fourth-order valence-electron chi connectivity index (χ4n) is 2.62. The zero-order chi connectivity index (χ0) is 8.44. The summed E-state index contributed by atoms with van der Waals surface area (Å²) >= 11 is 0. The molecule has 1 heteroatoms. The summed E-state index contributed by atoms with van der Waals surface area (Å²) in [6, 6.07) is 0. The molecule has 0 bridgehead atoms.